The molecule has 1 atom stereocenters. The Morgan fingerprint density at radius 3 is 2.20 bits per heavy atom. The minimum atomic E-state index is -0.902. The number of nitrogens with zero attached hydrogens (tertiary/aromatic N) is 4. The van der Waals surface area contributed by atoms with Crippen LogP contribution in [0.5, 0.6) is 0 Å². The van der Waals surface area contributed by atoms with Gasteiger partial charge < -0.3 is 20.2 Å². The molecule has 1 aromatic carbocycles. The number of carboxylic acids is 1. The van der Waals surface area contributed by atoms with Crippen molar-refractivity contribution < 1.29 is 19.5 Å². The average Bonchev–Trinajstić information content (AvgIpc) is 3.83. The minimum absolute atomic E-state index is 0.162. The predicted octanol–water partition coefficient (Wildman–Crippen LogP) is 6.79. The van der Waals surface area contributed by atoms with E-state index in [1.54, 1.807) is 0 Å². The maximum absolute atomic E-state index is 13.5. The van der Waals surface area contributed by atoms with Crippen LogP contribution in [0.15, 0.2) is 48.8 Å². The Balaban J connectivity index is 0.950. The maximum atomic E-state index is 13.5. The van der Waals surface area contributed by atoms with E-state index in [0.29, 0.717) is 23.0 Å². The van der Waals surface area contributed by atoms with Crippen molar-refractivity contribution >= 4 is 34.8 Å². The zero-order chi connectivity index (χ0) is 33.9. The lowest BCUT2D eigenvalue weighted by atomic mass is 9.72. The Kier molecular flexibility index (Phi) is 10.3. The van der Waals surface area contributed by atoms with E-state index in [4.69, 9.17) is 9.97 Å². The van der Waals surface area contributed by atoms with Gasteiger partial charge in [0.2, 0.25) is 5.91 Å². The summed E-state index contributed by atoms with van der Waals surface area (Å²) in [5.74, 6) is 1.94. The second-order valence-corrected chi connectivity index (χ2v) is 16.0. The summed E-state index contributed by atoms with van der Waals surface area (Å²) in [6, 6.07) is 10.9. The summed E-state index contributed by atoms with van der Waals surface area (Å²) in [6.07, 6.45) is 17.4. The van der Waals surface area contributed by atoms with Crippen molar-refractivity contribution in [1.29, 1.82) is 0 Å². The predicted molar refractivity (Wildman–Crippen MR) is 192 cm³/mol. The molecule has 4 aliphatic rings. The molecule has 4 heterocycles. The highest BCUT2D eigenvalue weighted by molar-refractivity contribution is 7.14. The van der Waals surface area contributed by atoms with E-state index in [0.717, 1.165) is 60.5 Å². The molecule has 0 radical (unpaired) electrons. The van der Waals surface area contributed by atoms with Crippen LogP contribution in [0.1, 0.15) is 97.2 Å². The van der Waals surface area contributed by atoms with E-state index in [-0.39, 0.29) is 24.9 Å². The molecule has 0 spiro atoms. The number of aliphatic carboxylic acids is 1. The normalized spacial score (nSPS) is 22.4. The van der Waals surface area contributed by atoms with Gasteiger partial charge in [0.1, 0.15) is 6.04 Å². The number of carbonyl (C=O) groups excluding carboxylic acids is 2. The number of benzene rings is 1. The molecule has 2 saturated heterocycles. The summed E-state index contributed by atoms with van der Waals surface area (Å²) in [5.41, 5.74) is 2.85. The van der Waals surface area contributed by atoms with E-state index < -0.39 is 17.9 Å². The standard InChI is InChI=1S/C39H49N5O4S/c1-2-3-25-4-8-27(9-5-25)28-16-18-43(19-17-28)32-21-40-36(41-22-32)30-10-6-26(7-11-30)20-33(38(46)44-23-31(24-44)39(47)48)42-37(45)35-15-14-34(49-35)29-12-13-29/h6-7,10-11,14-15,21-22,25,27-29,31,33H,2-5,8-9,12-13,16-20,23-24H2,1H3,(H,42,45)(H,47,48)/t25-,27-,33-/m0/s1. The van der Waals surface area contributed by atoms with Gasteiger partial charge in [0.25, 0.3) is 5.91 Å². The zero-order valence-corrected chi connectivity index (χ0v) is 29.4. The van der Waals surface area contributed by atoms with E-state index in [1.807, 2.05) is 48.8 Å². The van der Waals surface area contributed by atoms with Crippen molar-refractivity contribution in [3.05, 3.63) is 64.1 Å². The highest BCUT2D eigenvalue weighted by atomic mass is 32.1. The lowest BCUT2D eigenvalue weighted by Gasteiger charge is -2.39. The van der Waals surface area contributed by atoms with Crippen LogP contribution in [-0.4, -0.2) is 70.0 Å². The molecule has 2 aliphatic carbocycles. The van der Waals surface area contributed by atoms with Crippen LogP contribution in [0.3, 0.4) is 0 Å². The van der Waals surface area contributed by atoms with Crippen molar-refractivity contribution in [3.8, 4) is 11.4 Å². The van der Waals surface area contributed by atoms with Crippen LogP contribution in [0.4, 0.5) is 5.69 Å². The SMILES string of the molecule is CCC[C@H]1CC[C@H](C2CCN(c3cnc(-c4ccc(C[C@H](NC(=O)c5ccc(C6CC6)s5)C(=O)N5CC(C(=O)O)C5)cc4)nc3)CC2)CC1. The summed E-state index contributed by atoms with van der Waals surface area (Å²) < 4.78 is 0. The molecule has 7 rings (SSSR count). The van der Waals surface area contributed by atoms with Gasteiger partial charge in [0.15, 0.2) is 5.82 Å². The molecule has 2 saturated carbocycles. The number of likely N-dealkylation sites (tertiary alicyclic amines) is 1. The Hall–Kier alpha value is -3.79. The first-order valence-corrected chi connectivity index (χ1v) is 19.2. The number of carboxylic acid groups (broad SMARTS) is 1. The Morgan fingerprint density at radius 2 is 1.57 bits per heavy atom. The van der Waals surface area contributed by atoms with E-state index >= 15 is 0 Å². The quantitative estimate of drug-likeness (QED) is 0.216. The van der Waals surface area contributed by atoms with Gasteiger partial charge in [0.05, 0.1) is 28.9 Å². The number of amides is 2. The van der Waals surface area contributed by atoms with Gasteiger partial charge in [-0.3, -0.25) is 14.4 Å². The van der Waals surface area contributed by atoms with Crippen molar-refractivity contribution in [2.24, 2.45) is 23.7 Å². The maximum Gasteiger partial charge on any atom is 0.310 e. The van der Waals surface area contributed by atoms with Crippen LogP contribution >= 0.6 is 11.3 Å². The summed E-state index contributed by atoms with van der Waals surface area (Å²) in [6.45, 7) is 4.77. The number of rotatable bonds is 12. The largest absolute Gasteiger partial charge is 0.481 e. The number of aromatic nitrogens is 2. The van der Waals surface area contributed by atoms with Gasteiger partial charge in [-0.15, -0.1) is 11.3 Å². The third-order valence-corrected chi connectivity index (χ3v) is 12.7. The Labute approximate surface area is 293 Å². The lowest BCUT2D eigenvalue weighted by Crippen LogP contribution is -2.59. The van der Waals surface area contributed by atoms with Gasteiger partial charge in [0, 0.05) is 43.0 Å². The molecule has 2 N–H and O–H groups in total. The summed E-state index contributed by atoms with van der Waals surface area (Å²) in [4.78, 5) is 53.2. The zero-order valence-electron chi connectivity index (χ0n) is 28.6. The number of hydrogen-bond donors (Lipinski definition) is 2. The van der Waals surface area contributed by atoms with Gasteiger partial charge in [-0.2, -0.15) is 0 Å². The summed E-state index contributed by atoms with van der Waals surface area (Å²) >= 11 is 1.49. The highest BCUT2D eigenvalue weighted by Crippen LogP contribution is 2.43. The molecule has 260 valence electrons. The summed E-state index contributed by atoms with van der Waals surface area (Å²) in [7, 11) is 0. The van der Waals surface area contributed by atoms with Gasteiger partial charge in [-0.1, -0.05) is 56.9 Å². The number of hydrogen-bond acceptors (Lipinski definition) is 7. The third-order valence-electron chi connectivity index (χ3n) is 11.4. The second-order valence-electron chi connectivity index (χ2n) is 14.8. The molecular formula is C39H49N5O4S. The number of carbonyl (C=O) groups is 3. The van der Waals surface area contributed by atoms with Gasteiger partial charge >= 0.3 is 5.97 Å². The molecule has 2 amide bonds. The molecule has 2 aromatic heterocycles. The Morgan fingerprint density at radius 1 is 0.898 bits per heavy atom. The molecule has 0 unspecified atom stereocenters. The monoisotopic (exact) mass is 683 g/mol. The smallest absolute Gasteiger partial charge is 0.310 e. The van der Waals surface area contributed by atoms with Crippen LogP contribution < -0.4 is 10.2 Å². The highest BCUT2D eigenvalue weighted by Gasteiger charge is 2.39. The molecule has 0 bridgehead atoms. The van der Waals surface area contributed by atoms with Crippen LogP contribution in [0.2, 0.25) is 0 Å². The lowest BCUT2D eigenvalue weighted by molar-refractivity contribution is -0.153. The van der Waals surface area contributed by atoms with E-state index in [2.05, 4.69) is 17.1 Å². The number of piperidine rings is 1. The minimum Gasteiger partial charge on any atom is -0.481 e. The topological polar surface area (TPSA) is 116 Å². The first-order chi connectivity index (χ1) is 23.8. The van der Waals surface area contributed by atoms with Crippen molar-refractivity contribution in [3.63, 3.8) is 0 Å². The Bertz CT molecular complexity index is 1600. The molecule has 9 nitrogen and oxygen atoms in total. The third kappa shape index (κ3) is 8.00. The molecule has 2 aliphatic heterocycles. The van der Waals surface area contributed by atoms with Crippen molar-refractivity contribution in [2.45, 2.75) is 89.5 Å². The number of thiophene rings is 1. The van der Waals surface area contributed by atoms with Crippen molar-refractivity contribution in [1.82, 2.24) is 20.2 Å². The van der Waals surface area contributed by atoms with Crippen molar-refractivity contribution in [2.75, 3.05) is 31.1 Å². The first-order valence-electron chi connectivity index (χ1n) is 18.4. The van der Waals surface area contributed by atoms with Gasteiger partial charge in [-0.05, 0) is 79.9 Å². The summed E-state index contributed by atoms with van der Waals surface area (Å²) in [5, 5.41) is 12.3. The molecule has 3 aromatic rings. The number of anilines is 1. The fourth-order valence-corrected chi connectivity index (χ4v) is 9.25. The second kappa shape index (κ2) is 15.0. The van der Waals surface area contributed by atoms with E-state index in [9.17, 15) is 19.5 Å². The van der Waals surface area contributed by atoms with Gasteiger partial charge in [-0.25, -0.2) is 9.97 Å². The fraction of sp³-hybridized carbons (Fsp3) is 0.564. The average molecular weight is 684 g/mol. The number of nitrogens with one attached hydrogen (secondary N) is 1. The van der Waals surface area contributed by atoms with E-state index in [1.165, 1.54) is 72.5 Å². The van der Waals surface area contributed by atoms with Crippen LogP contribution in [0, 0.1) is 23.7 Å². The first kappa shape index (κ1) is 33.7. The molecular weight excluding hydrogens is 635 g/mol. The van der Waals surface area contributed by atoms with Crippen LogP contribution in [-0.2, 0) is 16.0 Å². The fourth-order valence-electron chi connectivity index (χ4n) is 8.17. The molecule has 49 heavy (non-hydrogen) atoms. The molecule has 4 fully saturated rings. The molecule has 10 heteroatoms. The van der Waals surface area contributed by atoms with Crippen LogP contribution in [0.25, 0.3) is 11.4 Å².